The van der Waals surface area contributed by atoms with Crippen molar-refractivity contribution >= 4 is 21.6 Å². The lowest BCUT2D eigenvalue weighted by Crippen LogP contribution is -2.08. The molecule has 0 amide bonds. The van der Waals surface area contributed by atoms with Crippen LogP contribution in [-0.4, -0.2) is 6.61 Å². The average Bonchev–Trinajstić information content (AvgIpc) is 2.52. The Morgan fingerprint density at radius 2 is 2.00 bits per heavy atom. The Kier molecular flexibility index (Phi) is 5.65. The van der Waals surface area contributed by atoms with Crippen LogP contribution < -0.4 is 10.1 Å². The lowest BCUT2D eigenvalue weighted by molar-refractivity contribution is 0.317. The van der Waals surface area contributed by atoms with Crippen LogP contribution in [-0.2, 0) is 0 Å². The monoisotopic (exact) mass is 344 g/mol. The molecule has 0 radical (unpaired) electrons. The van der Waals surface area contributed by atoms with Crippen molar-refractivity contribution < 1.29 is 4.74 Å². The molecule has 2 aromatic rings. The summed E-state index contributed by atoms with van der Waals surface area (Å²) in [4.78, 5) is 0. The van der Waals surface area contributed by atoms with Crippen LogP contribution in [0.3, 0.4) is 0 Å². The van der Waals surface area contributed by atoms with Gasteiger partial charge in [0.25, 0.3) is 0 Å². The van der Waals surface area contributed by atoms with Crippen LogP contribution in [0.2, 0.25) is 0 Å². The van der Waals surface area contributed by atoms with Crippen molar-refractivity contribution in [3.05, 3.63) is 58.6 Å². The largest absolute Gasteiger partial charge is 0.494 e. The summed E-state index contributed by atoms with van der Waals surface area (Å²) in [6.07, 6.45) is 0.961. The topological polar surface area (TPSA) is 45.0 Å². The van der Waals surface area contributed by atoms with Crippen LogP contribution in [0.5, 0.6) is 5.75 Å². The van der Waals surface area contributed by atoms with Crippen molar-refractivity contribution in [1.29, 1.82) is 5.26 Å². The normalized spacial score (nSPS) is 11.5. The summed E-state index contributed by atoms with van der Waals surface area (Å²) in [5.74, 6) is 0.798. The quantitative estimate of drug-likeness (QED) is 0.809. The smallest absolute Gasteiger partial charge is 0.140 e. The van der Waals surface area contributed by atoms with Crippen LogP contribution in [0, 0.1) is 11.3 Å². The SMILES string of the molecule is CCCOc1cccc(C(C#N)Nc2ccc(Br)cc2)c1. The van der Waals surface area contributed by atoms with Crippen molar-refractivity contribution in [3.63, 3.8) is 0 Å². The lowest BCUT2D eigenvalue weighted by atomic mass is 10.1. The number of hydrogen-bond donors (Lipinski definition) is 1. The molecule has 0 aliphatic carbocycles. The molecule has 0 spiro atoms. The van der Waals surface area contributed by atoms with Gasteiger partial charge < -0.3 is 10.1 Å². The highest BCUT2D eigenvalue weighted by Gasteiger charge is 2.11. The van der Waals surface area contributed by atoms with Crippen LogP contribution in [0.4, 0.5) is 5.69 Å². The first kappa shape index (κ1) is 15.4. The molecule has 0 aliphatic heterocycles. The van der Waals surface area contributed by atoms with E-state index in [1.54, 1.807) is 0 Å². The summed E-state index contributed by atoms with van der Waals surface area (Å²) < 4.78 is 6.62. The van der Waals surface area contributed by atoms with Gasteiger partial charge in [-0.2, -0.15) is 5.26 Å². The molecule has 0 aromatic heterocycles. The fourth-order valence-corrected chi connectivity index (χ4v) is 2.17. The first-order valence-corrected chi connectivity index (χ1v) is 7.66. The van der Waals surface area contributed by atoms with Gasteiger partial charge in [0.05, 0.1) is 12.7 Å². The minimum absolute atomic E-state index is 0.406. The van der Waals surface area contributed by atoms with Crippen molar-refractivity contribution in [2.24, 2.45) is 0 Å². The zero-order valence-corrected chi connectivity index (χ0v) is 13.4. The Bertz CT molecular complexity index is 619. The minimum Gasteiger partial charge on any atom is -0.494 e. The number of rotatable bonds is 6. The first-order valence-electron chi connectivity index (χ1n) is 6.87. The van der Waals surface area contributed by atoms with Gasteiger partial charge >= 0.3 is 0 Å². The summed E-state index contributed by atoms with van der Waals surface area (Å²) in [7, 11) is 0. The van der Waals surface area contributed by atoms with Crippen LogP contribution in [0.15, 0.2) is 53.0 Å². The van der Waals surface area contributed by atoms with Crippen molar-refractivity contribution in [2.45, 2.75) is 19.4 Å². The molecule has 1 atom stereocenters. The molecular weight excluding hydrogens is 328 g/mol. The second kappa shape index (κ2) is 7.70. The third kappa shape index (κ3) is 4.51. The Morgan fingerprint density at radius 1 is 1.24 bits per heavy atom. The maximum atomic E-state index is 9.40. The highest BCUT2D eigenvalue weighted by Crippen LogP contribution is 2.24. The summed E-state index contributed by atoms with van der Waals surface area (Å²) in [6, 6.07) is 17.3. The third-order valence-electron chi connectivity index (χ3n) is 2.95. The van der Waals surface area contributed by atoms with Crippen molar-refractivity contribution in [1.82, 2.24) is 0 Å². The van der Waals surface area contributed by atoms with E-state index in [1.807, 2.05) is 48.5 Å². The highest BCUT2D eigenvalue weighted by atomic mass is 79.9. The second-order valence-corrected chi connectivity index (χ2v) is 5.55. The maximum Gasteiger partial charge on any atom is 0.140 e. The van der Waals surface area contributed by atoms with Gasteiger partial charge in [-0.25, -0.2) is 0 Å². The molecule has 108 valence electrons. The molecule has 3 nitrogen and oxygen atoms in total. The van der Waals surface area contributed by atoms with E-state index in [-0.39, 0.29) is 0 Å². The zero-order valence-electron chi connectivity index (χ0n) is 11.8. The highest BCUT2D eigenvalue weighted by molar-refractivity contribution is 9.10. The molecule has 2 rings (SSSR count). The molecule has 0 heterocycles. The van der Waals surface area contributed by atoms with Crippen molar-refractivity contribution in [3.8, 4) is 11.8 Å². The predicted octanol–water partition coefficient (Wildman–Crippen LogP) is 4.91. The average molecular weight is 345 g/mol. The molecule has 4 heteroatoms. The van der Waals surface area contributed by atoms with Gasteiger partial charge in [0.15, 0.2) is 0 Å². The summed E-state index contributed by atoms with van der Waals surface area (Å²) in [6.45, 7) is 2.75. The lowest BCUT2D eigenvalue weighted by Gasteiger charge is -2.14. The molecule has 1 N–H and O–H groups in total. The van der Waals surface area contributed by atoms with E-state index in [4.69, 9.17) is 4.74 Å². The summed E-state index contributed by atoms with van der Waals surface area (Å²) in [5.41, 5.74) is 1.80. The van der Waals surface area contributed by atoms with E-state index < -0.39 is 6.04 Å². The predicted molar refractivity (Wildman–Crippen MR) is 88.3 cm³/mol. The molecule has 0 fully saturated rings. The molecule has 0 saturated carbocycles. The molecule has 1 unspecified atom stereocenters. The third-order valence-corrected chi connectivity index (χ3v) is 3.48. The standard InChI is InChI=1S/C17H17BrN2O/c1-2-10-21-16-5-3-4-13(11-16)17(12-19)20-15-8-6-14(18)7-9-15/h3-9,11,17,20H,2,10H2,1H3. The molecule has 0 bridgehead atoms. The van der Waals surface area contributed by atoms with Gasteiger partial charge in [0.2, 0.25) is 0 Å². The van der Waals surface area contributed by atoms with E-state index in [1.165, 1.54) is 0 Å². The van der Waals surface area contributed by atoms with Gasteiger partial charge in [-0.05, 0) is 48.4 Å². The number of nitriles is 1. The number of halogens is 1. The summed E-state index contributed by atoms with van der Waals surface area (Å²) >= 11 is 3.40. The van der Waals surface area contributed by atoms with Gasteiger partial charge in [-0.15, -0.1) is 0 Å². The van der Waals surface area contributed by atoms with E-state index in [0.29, 0.717) is 6.61 Å². The van der Waals surface area contributed by atoms with Gasteiger partial charge in [0.1, 0.15) is 11.8 Å². The summed E-state index contributed by atoms with van der Waals surface area (Å²) in [5, 5.41) is 12.6. The van der Waals surface area contributed by atoms with E-state index >= 15 is 0 Å². The molecular formula is C17H17BrN2O. The number of nitrogens with one attached hydrogen (secondary N) is 1. The van der Waals surface area contributed by atoms with Crippen LogP contribution >= 0.6 is 15.9 Å². The van der Waals surface area contributed by atoms with Crippen LogP contribution in [0.1, 0.15) is 24.9 Å². The van der Waals surface area contributed by atoms with E-state index in [2.05, 4.69) is 34.2 Å². The Morgan fingerprint density at radius 3 is 2.67 bits per heavy atom. The molecule has 21 heavy (non-hydrogen) atoms. The van der Waals surface area contributed by atoms with Gasteiger partial charge in [0, 0.05) is 10.2 Å². The van der Waals surface area contributed by atoms with E-state index in [0.717, 1.165) is 27.9 Å². The van der Waals surface area contributed by atoms with Crippen LogP contribution in [0.25, 0.3) is 0 Å². The number of ether oxygens (including phenoxy) is 1. The fraction of sp³-hybridized carbons (Fsp3) is 0.235. The molecule has 0 aliphatic rings. The minimum atomic E-state index is -0.406. The number of nitrogens with zero attached hydrogens (tertiary/aromatic N) is 1. The Labute approximate surface area is 133 Å². The zero-order chi connectivity index (χ0) is 15.1. The number of anilines is 1. The maximum absolute atomic E-state index is 9.40. The van der Waals surface area contributed by atoms with Gasteiger partial charge in [-0.1, -0.05) is 35.0 Å². The fourth-order valence-electron chi connectivity index (χ4n) is 1.91. The first-order chi connectivity index (χ1) is 10.2. The van der Waals surface area contributed by atoms with E-state index in [9.17, 15) is 5.26 Å². The number of hydrogen-bond acceptors (Lipinski definition) is 3. The Balaban J connectivity index is 2.13. The van der Waals surface area contributed by atoms with Gasteiger partial charge in [-0.3, -0.25) is 0 Å². The number of benzene rings is 2. The molecule has 2 aromatic carbocycles. The second-order valence-electron chi connectivity index (χ2n) is 4.63. The Hall–Kier alpha value is -1.99. The van der Waals surface area contributed by atoms with Crippen molar-refractivity contribution in [2.75, 3.05) is 11.9 Å². The molecule has 0 saturated heterocycles.